The van der Waals surface area contributed by atoms with Crippen molar-refractivity contribution in [2.24, 2.45) is 0 Å². The highest BCUT2D eigenvalue weighted by atomic mass is 28.3. The molecular formula is C27H33NOSi. The summed E-state index contributed by atoms with van der Waals surface area (Å²) in [7, 11) is -1.64. The van der Waals surface area contributed by atoms with Crippen LogP contribution in [-0.4, -0.2) is 14.0 Å². The van der Waals surface area contributed by atoms with Gasteiger partial charge in [-0.05, 0) is 37.4 Å². The summed E-state index contributed by atoms with van der Waals surface area (Å²) in [6.45, 7) is 8.92. The molecule has 0 saturated carbocycles. The van der Waals surface area contributed by atoms with Gasteiger partial charge in [-0.25, -0.2) is 0 Å². The number of hydrogen-bond acceptors (Lipinski definition) is 1. The minimum atomic E-state index is -1.64. The average molecular weight is 416 g/mol. The fourth-order valence-electron chi connectivity index (χ4n) is 3.74. The molecule has 1 atom stereocenters. The zero-order chi connectivity index (χ0) is 21.6. The summed E-state index contributed by atoms with van der Waals surface area (Å²) in [5, 5.41) is 4.73. The summed E-state index contributed by atoms with van der Waals surface area (Å²) in [6, 6.07) is 28.7. The van der Waals surface area contributed by atoms with Crippen molar-refractivity contribution < 1.29 is 4.79 Å². The summed E-state index contributed by atoms with van der Waals surface area (Å²) in [6.07, 6.45) is 1.37. The molecular weight excluding hydrogens is 382 g/mol. The van der Waals surface area contributed by atoms with Crippen molar-refractivity contribution in [3.63, 3.8) is 0 Å². The standard InChI is InChI=1S/C27H33NOSi/c1-21-10-14-23(15-11-21)20-26(24-8-6-5-7-9-24)28-27(29)18-19-30(3,4)25-16-12-22(2)13-17-25/h5-17,26H,18-20H2,1-4H3,(H,28,29). The lowest BCUT2D eigenvalue weighted by atomic mass is 9.98. The van der Waals surface area contributed by atoms with Gasteiger partial charge in [0.25, 0.3) is 0 Å². The van der Waals surface area contributed by atoms with Gasteiger partial charge in [0.2, 0.25) is 5.91 Å². The maximum absolute atomic E-state index is 12.9. The van der Waals surface area contributed by atoms with Crippen molar-refractivity contribution in [3.8, 4) is 0 Å². The van der Waals surface area contributed by atoms with Gasteiger partial charge in [0, 0.05) is 6.42 Å². The summed E-state index contributed by atoms with van der Waals surface area (Å²) in [5.41, 5.74) is 4.93. The number of carbonyl (C=O) groups excluding carboxylic acids is 1. The van der Waals surface area contributed by atoms with Crippen LogP contribution in [0.25, 0.3) is 0 Å². The molecule has 0 aliphatic carbocycles. The smallest absolute Gasteiger partial charge is 0.220 e. The van der Waals surface area contributed by atoms with Gasteiger partial charge in [0.1, 0.15) is 0 Å². The van der Waals surface area contributed by atoms with Gasteiger partial charge >= 0.3 is 0 Å². The second-order valence-electron chi connectivity index (χ2n) is 8.97. The van der Waals surface area contributed by atoms with Crippen molar-refractivity contribution >= 4 is 19.2 Å². The van der Waals surface area contributed by atoms with Gasteiger partial charge < -0.3 is 5.32 Å². The number of hydrogen-bond donors (Lipinski definition) is 1. The monoisotopic (exact) mass is 415 g/mol. The third kappa shape index (κ3) is 6.17. The number of amides is 1. The molecule has 0 aliphatic rings. The Morgan fingerprint density at radius 1 is 0.833 bits per heavy atom. The third-order valence-electron chi connectivity index (χ3n) is 5.91. The van der Waals surface area contributed by atoms with Crippen molar-refractivity contribution in [2.75, 3.05) is 0 Å². The van der Waals surface area contributed by atoms with Gasteiger partial charge in [-0.3, -0.25) is 4.79 Å². The Balaban J connectivity index is 1.66. The van der Waals surface area contributed by atoms with Crippen LogP contribution in [0.15, 0.2) is 78.9 Å². The molecule has 0 bridgehead atoms. The fourth-order valence-corrected chi connectivity index (χ4v) is 5.95. The zero-order valence-corrected chi connectivity index (χ0v) is 19.6. The highest BCUT2D eigenvalue weighted by Gasteiger charge is 2.25. The van der Waals surface area contributed by atoms with Crippen molar-refractivity contribution in [1.29, 1.82) is 0 Å². The van der Waals surface area contributed by atoms with Crippen LogP contribution in [0.2, 0.25) is 19.1 Å². The SMILES string of the molecule is Cc1ccc(CC(NC(=O)CC[Si](C)(C)c2ccc(C)cc2)c2ccccc2)cc1. The number of rotatable bonds is 8. The van der Waals surface area contributed by atoms with E-state index >= 15 is 0 Å². The van der Waals surface area contributed by atoms with Gasteiger partial charge in [0.05, 0.1) is 14.1 Å². The number of aryl methyl sites for hydroxylation is 2. The molecule has 0 aliphatic heterocycles. The first-order valence-corrected chi connectivity index (χ1v) is 14.0. The second-order valence-corrected chi connectivity index (χ2v) is 13.8. The molecule has 0 saturated heterocycles. The molecule has 3 rings (SSSR count). The summed E-state index contributed by atoms with van der Waals surface area (Å²) < 4.78 is 0. The van der Waals surface area contributed by atoms with E-state index in [2.05, 4.69) is 92.9 Å². The van der Waals surface area contributed by atoms with E-state index in [0.29, 0.717) is 6.42 Å². The lowest BCUT2D eigenvalue weighted by Crippen LogP contribution is -2.42. The van der Waals surface area contributed by atoms with Gasteiger partial charge in [-0.15, -0.1) is 0 Å². The molecule has 3 aromatic carbocycles. The predicted molar refractivity (Wildman–Crippen MR) is 130 cm³/mol. The summed E-state index contributed by atoms with van der Waals surface area (Å²) in [4.78, 5) is 12.9. The molecule has 1 unspecified atom stereocenters. The van der Waals surface area contributed by atoms with E-state index in [9.17, 15) is 4.79 Å². The van der Waals surface area contributed by atoms with E-state index in [1.54, 1.807) is 0 Å². The molecule has 1 N–H and O–H groups in total. The zero-order valence-electron chi connectivity index (χ0n) is 18.6. The first-order valence-electron chi connectivity index (χ1n) is 10.8. The van der Waals surface area contributed by atoms with Crippen LogP contribution >= 0.6 is 0 Å². The molecule has 0 heterocycles. The molecule has 156 valence electrons. The van der Waals surface area contributed by atoms with Crippen LogP contribution in [0.4, 0.5) is 0 Å². The molecule has 2 nitrogen and oxygen atoms in total. The normalized spacial score (nSPS) is 12.4. The lowest BCUT2D eigenvalue weighted by molar-refractivity contribution is -0.121. The highest BCUT2D eigenvalue weighted by molar-refractivity contribution is 6.89. The molecule has 1 amide bonds. The van der Waals surface area contributed by atoms with E-state index < -0.39 is 8.07 Å². The van der Waals surface area contributed by atoms with E-state index in [-0.39, 0.29) is 11.9 Å². The molecule has 3 heteroatoms. The molecule has 0 fully saturated rings. The van der Waals surface area contributed by atoms with Crippen molar-refractivity contribution in [2.45, 2.75) is 51.9 Å². The van der Waals surface area contributed by atoms with Crippen molar-refractivity contribution in [3.05, 3.63) is 101 Å². The fraction of sp³-hybridized carbons (Fsp3) is 0.296. The topological polar surface area (TPSA) is 29.1 Å². The summed E-state index contributed by atoms with van der Waals surface area (Å²) >= 11 is 0. The first-order chi connectivity index (χ1) is 14.3. The Morgan fingerprint density at radius 2 is 1.40 bits per heavy atom. The van der Waals surface area contributed by atoms with Crippen LogP contribution in [0.1, 0.15) is 34.7 Å². The minimum Gasteiger partial charge on any atom is -0.349 e. The van der Waals surface area contributed by atoms with Crippen molar-refractivity contribution in [1.82, 2.24) is 5.32 Å². The van der Waals surface area contributed by atoms with Gasteiger partial charge in [0.15, 0.2) is 0 Å². The molecule has 30 heavy (non-hydrogen) atoms. The van der Waals surface area contributed by atoms with Crippen LogP contribution in [0.5, 0.6) is 0 Å². The Kier molecular flexibility index (Phi) is 7.27. The number of carbonyl (C=O) groups is 1. The Labute approximate surface area is 182 Å². The van der Waals surface area contributed by atoms with E-state index in [1.807, 2.05) is 18.2 Å². The lowest BCUT2D eigenvalue weighted by Gasteiger charge is -2.24. The number of nitrogens with one attached hydrogen (secondary N) is 1. The average Bonchev–Trinajstić information content (AvgIpc) is 2.74. The van der Waals surface area contributed by atoms with Crippen LogP contribution in [0.3, 0.4) is 0 Å². The van der Waals surface area contributed by atoms with Crippen LogP contribution in [-0.2, 0) is 11.2 Å². The Hall–Kier alpha value is -2.65. The van der Waals surface area contributed by atoms with E-state index in [0.717, 1.165) is 18.0 Å². The van der Waals surface area contributed by atoms with E-state index in [1.165, 1.54) is 21.9 Å². The molecule has 0 aromatic heterocycles. The third-order valence-corrected chi connectivity index (χ3v) is 9.30. The van der Waals surface area contributed by atoms with Crippen LogP contribution in [0, 0.1) is 13.8 Å². The highest BCUT2D eigenvalue weighted by Crippen LogP contribution is 2.20. The largest absolute Gasteiger partial charge is 0.349 e. The summed E-state index contributed by atoms with van der Waals surface area (Å²) in [5.74, 6) is 0.142. The second kappa shape index (κ2) is 9.90. The van der Waals surface area contributed by atoms with E-state index in [4.69, 9.17) is 0 Å². The van der Waals surface area contributed by atoms with Crippen LogP contribution < -0.4 is 10.5 Å². The maximum Gasteiger partial charge on any atom is 0.220 e. The molecule has 0 radical (unpaired) electrons. The quantitative estimate of drug-likeness (QED) is 0.469. The van der Waals surface area contributed by atoms with Gasteiger partial charge in [-0.1, -0.05) is 108 Å². The molecule has 0 spiro atoms. The predicted octanol–water partition coefficient (Wildman–Crippen LogP) is 5.71. The molecule has 3 aromatic rings. The number of benzene rings is 3. The first kappa shape index (κ1) is 22.0. The minimum absolute atomic E-state index is 0.00874. The Morgan fingerprint density at radius 3 is 2.00 bits per heavy atom. The maximum atomic E-state index is 12.9. The van der Waals surface area contributed by atoms with Gasteiger partial charge in [-0.2, -0.15) is 0 Å². The Bertz CT molecular complexity index is 946.